The van der Waals surface area contributed by atoms with Crippen LogP contribution >= 0.6 is 0 Å². The number of hydrogen-bond donors (Lipinski definition) is 2. The smallest absolute Gasteiger partial charge is 0.419 e. The second-order valence-electron chi connectivity index (χ2n) is 11.4. The highest BCUT2D eigenvalue weighted by molar-refractivity contribution is 7.88. The molecule has 1 amide bonds. The largest absolute Gasteiger partial charge is 0.495 e. The lowest BCUT2D eigenvalue weighted by molar-refractivity contribution is -0.138. The van der Waals surface area contributed by atoms with E-state index in [1.165, 1.54) is 11.4 Å². The maximum atomic E-state index is 14.0. The summed E-state index contributed by atoms with van der Waals surface area (Å²) in [5.74, 6) is -0.330. The fourth-order valence-corrected chi connectivity index (χ4v) is 7.49. The fourth-order valence-electron chi connectivity index (χ4n) is 6.25. The number of methoxy groups -OCH3 is 1. The molecule has 246 valence electrons. The van der Waals surface area contributed by atoms with Gasteiger partial charge >= 0.3 is 6.18 Å². The van der Waals surface area contributed by atoms with E-state index < -0.39 is 27.8 Å². The SMILES string of the molecule is C.CCN([C@@H]1CCCC[C@H]1Cc1nc(Nc2ccc(C(=O)NC3CCCN(C)C3)cc2OC)ncc1C(F)(F)F)S(C)(=O)=O. The van der Waals surface area contributed by atoms with Crippen LogP contribution in [0.25, 0.3) is 0 Å². The first-order chi connectivity index (χ1) is 20.3. The fraction of sp³-hybridized carbons (Fsp3) is 0.633. The highest BCUT2D eigenvalue weighted by Crippen LogP contribution is 2.37. The summed E-state index contributed by atoms with van der Waals surface area (Å²) >= 11 is 0. The zero-order valence-corrected chi connectivity index (χ0v) is 25.9. The van der Waals surface area contributed by atoms with E-state index in [1.807, 2.05) is 7.05 Å². The molecule has 10 nitrogen and oxygen atoms in total. The Morgan fingerprint density at radius 1 is 1.18 bits per heavy atom. The van der Waals surface area contributed by atoms with E-state index in [2.05, 4.69) is 25.5 Å². The van der Waals surface area contributed by atoms with Gasteiger partial charge in [0.05, 0.1) is 30.3 Å². The molecule has 1 aromatic heterocycles. The highest BCUT2D eigenvalue weighted by atomic mass is 32.2. The van der Waals surface area contributed by atoms with Crippen LogP contribution in [0.3, 0.4) is 0 Å². The van der Waals surface area contributed by atoms with Gasteiger partial charge in [-0.1, -0.05) is 27.2 Å². The number of ether oxygens (including phenoxy) is 1. The van der Waals surface area contributed by atoms with Gasteiger partial charge in [0, 0.05) is 36.9 Å². The Morgan fingerprint density at radius 3 is 2.55 bits per heavy atom. The molecule has 3 atom stereocenters. The molecule has 0 spiro atoms. The maximum absolute atomic E-state index is 14.0. The van der Waals surface area contributed by atoms with Gasteiger partial charge in [0.25, 0.3) is 5.91 Å². The molecular weight excluding hydrogens is 597 g/mol. The number of rotatable bonds is 10. The Labute approximate surface area is 258 Å². The van der Waals surface area contributed by atoms with E-state index >= 15 is 0 Å². The number of benzene rings is 1. The summed E-state index contributed by atoms with van der Waals surface area (Å²) in [6.07, 6.45) is 1.84. The lowest BCUT2D eigenvalue weighted by Gasteiger charge is -2.38. The normalized spacial score (nSPS) is 21.4. The molecule has 2 aliphatic rings. The first-order valence-electron chi connectivity index (χ1n) is 14.6. The molecule has 1 aliphatic heterocycles. The van der Waals surface area contributed by atoms with E-state index in [4.69, 9.17) is 4.74 Å². The molecule has 2 fully saturated rings. The molecule has 1 unspecified atom stereocenters. The standard InChI is InChI=1S/C29H41F3N6O4S.CH4/c1-5-38(43(4,40)41)25-11-7-6-9-19(25)15-24-22(29(30,31)32)17-33-28(36-24)35-23-13-12-20(16-26(23)42-3)27(39)34-21-10-8-14-37(2)18-21;/h12-13,16-17,19,21,25H,5-11,14-15,18H2,1-4H3,(H,34,39)(H,33,35,36);1H4/t19-,21?,25+;/m0./s1. The van der Waals surface area contributed by atoms with E-state index in [0.29, 0.717) is 29.8 Å². The van der Waals surface area contributed by atoms with Crippen LogP contribution in [0.15, 0.2) is 24.4 Å². The summed E-state index contributed by atoms with van der Waals surface area (Å²) in [6, 6.07) is 4.40. The number of aromatic nitrogens is 2. The summed E-state index contributed by atoms with van der Waals surface area (Å²) in [4.78, 5) is 23.3. The Balaban J connectivity index is 0.00000529. The van der Waals surface area contributed by atoms with Crippen LogP contribution in [0.2, 0.25) is 0 Å². The van der Waals surface area contributed by atoms with Crippen molar-refractivity contribution in [1.29, 1.82) is 0 Å². The van der Waals surface area contributed by atoms with Gasteiger partial charge in [-0.15, -0.1) is 0 Å². The molecule has 14 heteroatoms. The number of hydrogen-bond acceptors (Lipinski definition) is 8. The predicted octanol–water partition coefficient (Wildman–Crippen LogP) is 5.09. The highest BCUT2D eigenvalue weighted by Gasteiger charge is 2.39. The van der Waals surface area contributed by atoms with Crippen molar-refractivity contribution in [3.05, 3.63) is 41.2 Å². The van der Waals surface area contributed by atoms with E-state index in [0.717, 1.165) is 51.2 Å². The topological polar surface area (TPSA) is 117 Å². The molecule has 4 rings (SSSR count). The number of halogens is 3. The quantitative estimate of drug-likeness (QED) is 0.368. The zero-order valence-electron chi connectivity index (χ0n) is 25.1. The number of piperidine rings is 1. The molecule has 0 radical (unpaired) electrons. The van der Waals surface area contributed by atoms with Gasteiger partial charge in [0.2, 0.25) is 16.0 Å². The molecule has 2 N–H and O–H groups in total. The lowest BCUT2D eigenvalue weighted by atomic mass is 9.81. The van der Waals surface area contributed by atoms with Gasteiger partial charge < -0.3 is 20.3 Å². The Hall–Kier alpha value is -2.97. The average molecular weight is 643 g/mol. The summed E-state index contributed by atoms with van der Waals surface area (Å²) in [5, 5.41) is 5.99. The van der Waals surface area contributed by atoms with Crippen molar-refractivity contribution in [2.75, 3.05) is 45.4 Å². The van der Waals surface area contributed by atoms with E-state index in [9.17, 15) is 26.4 Å². The number of nitrogens with zero attached hydrogens (tertiary/aromatic N) is 4. The number of sulfonamides is 1. The number of amides is 1. The molecule has 0 bridgehead atoms. The van der Waals surface area contributed by atoms with Gasteiger partial charge in [0.15, 0.2) is 0 Å². The lowest BCUT2D eigenvalue weighted by Crippen LogP contribution is -2.46. The van der Waals surface area contributed by atoms with Crippen molar-refractivity contribution in [2.24, 2.45) is 5.92 Å². The third-order valence-electron chi connectivity index (χ3n) is 8.28. The Kier molecular flexibility index (Phi) is 12.0. The number of likely N-dealkylation sites (N-methyl/N-ethyl adjacent to an activating group) is 1. The predicted molar refractivity (Wildman–Crippen MR) is 165 cm³/mol. The summed E-state index contributed by atoms with van der Waals surface area (Å²) < 4.78 is 73.9. The van der Waals surface area contributed by atoms with Crippen LogP contribution in [0.4, 0.5) is 24.8 Å². The third-order valence-corrected chi connectivity index (χ3v) is 9.66. The first-order valence-corrected chi connectivity index (χ1v) is 16.5. The number of alkyl halides is 3. The van der Waals surface area contributed by atoms with Crippen molar-refractivity contribution >= 4 is 27.6 Å². The van der Waals surface area contributed by atoms with Crippen molar-refractivity contribution in [2.45, 2.75) is 77.6 Å². The van der Waals surface area contributed by atoms with Crippen molar-refractivity contribution < 1.29 is 31.1 Å². The van der Waals surface area contributed by atoms with Crippen LogP contribution < -0.4 is 15.4 Å². The van der Waals surface area contributed by atoms with Crippen LogP contribution in [-0.2, 0) is 22.6 Å². The number of nitrogens with one attached hydrogen (secondary N) is 2. The number of anilines is 2. The molecule has 1 saturated heterocycles. The summed E-state index contributed by atoms with van der Waals surface area (Å²) in [6.45, 7) is 3.74. The molecule has 1 saturated carbocycles. The minimum absolute atomic E-state index is 0. The first kappa shape index (κ1) is 35.5. The van der Waals surface area contributed by atoms with Crippen molar-refractivity contribution in [3.63, 3.8) is 0 Å². The number of carbonyl (C=O) groups excluding carboxylic acids is 1. The number of carbonyl (C=O) groups is 1. The van der Waals surface area contributed by atoms with E-state index in [-0.39, 0.29) is 49.9 Å². The molecular formula is C30H45F3N6O4S. The van der Waals surface area contributed by atoms with Crippen molar-refractivity contribution in [1.82, 2.24) is 24.5 Å². The summed E-state index contributed by atoms with van der Waals surface area (Å²) in [7, 11) is -0.0884. The molecule has 44 heavy (non-hydrogen) atoms. The maximum Gasteiger partial charge on any atom is 0.419 e. The van der Waals surface area contributed by atoms with Gasteiger partial charge in [-0.05, 0) is 69.8 Å². The van der Waals surface area contributed by atoms with Crippen LogP contribution in [0, 0.1) is 5.92 Å². The van der Waals surface area contributed by atoms with Gasteiger partial charge in [-0.3, -0.25) is 4.79 Å². The molecule has 2 aromatic rings. The average Bonchev–Trinajstić information content (AvgIpc) is 2.93. The molecule has 1 aliphatic carbocycles. The molecule has 1 aromatic carbocycles. The van der Waals surface area contributed by atoms with Crippen LogP contribution in [0.1, 0.15) is 74.5 Å². The third kappa shape index (κ3) is 8.81. The Bertz CT molecular complexity index is 1390. The monoisotopic (exact) mass is 642 g/mol. The minimum atomic E-state index is -4.68. The van der Waals surface area contributed by atoms with E-state index in [1.54, 1.807) is 25.1 Å². The minimum Gasteiger partial charge on any atom is -0.495 e. The van der Waals surface area contributed by atoms with Gasteiger partial charge in [0.1, 0.15) is 5.75 Å². The van der Waals surface area contributed by atoms with Crippen LogP contribution in [0.5, 0.6) is 5.75 Å². The van der Waals surface area contributed by atoms with Gasteiger partial charge in [-0.25, -0.2) is 18.4 Å². The summed E-state index contributed by atoms with van der Waals surface area (Å²) in [5.41, 5.74) is -0.373. The van der Waals surface area contributed by atoms with Crippen molar-refractivity contribution in [3.8, 4) is 5.75 Å². The zero-order chi connectivity index (χ0) is 31.4. The Morgan fingerprint density at radius 2 is 1.91 bits per heavy atom. The van der Waals surface area contributed by atoms with Crippen LogP contribution in [-0.4, -0.2) is 85.6 Å². The second-order valence-corrected chi connectivity index (χ2v) is 13.4. The second kappa shape index (κ2) is 14.9. The number of likely N-dealkylation sites (tertiary alicyclic amines) is 1. The van der Waals surface area contributed by atoms with Gasteiger partial charge in [-0.2, -0.15) is 17.5 Å². The molecule has 2 heterocycles.